The van der Waals surface area contributed by atoms with Gasteiger partial charge in [0, 0.05) is 27.3 Å². The van der Waals surface area contributed by atoms with Gasteiger partial charge in [0.1, 0.15) is 11.6 Å². The zero-order valence-corrected chi connectivity index (χ0v) is 12.6. The average Bonchev–Trinajstić information content (AvgIpc) is 2.49. The van der Waals surface area contributed by atoms with Crippen LogP contribution in [0.3, 0.4) is 0 Å². The van der Waals surface area contributed by atoms with Crippen molar-refractivity contribution in [1.29, 1.82) is 0 Å². The number of carbonyl (C=O) groups excluding carboxylic acids is 1. The van der Waals surface area contributed by atoms with E-state index in [4.69, 9.17) is 9.47 Å². The van der Waals surface area contributed by atoms with Gasteiger partial charge in [-0.1, -0.05) is 6.92 Å². The van der Waals surface area contributed by atoms with Crippen LogP contribution in [-0.2, 0) is 9.47 Å². The summed E-state index contributed by atoms with van der Waals surface area (Å²) >= 11 is 0. The molecule has 0 radical (unpaired) electrons. The molecule has 21 heavy (non-hydrogen) atoms. The number of halogens is 1. The summed E-state index contributed by atoms with van der Waals surface area (Å²) in [6, 6.07) is 1.17. The predicted octanol–water partition coefficient (Wildman–Crippen LogP) is 1.43. The van der Waals surface area contributed by atoms with Crippen LogP contribution in [0.1, 0.15) is 23.7 Å². The van der Waals surface area contributed by atoms with Crippen molar-refractivity contribution in [2.24, 2.45) is 0 Å². The van der Waals surface area contributed by atoms with Crippen LogP contribution in [0.5, 0.6) is 0 Å². The summed E-state index contributed by atoms with van der Waals surface area (Å²) in [4.78, 5) is 16.1. The fourth-order valence-corrected chi connectivity index (χ4v) is 1.69. The van der Waals surface area contributed by atoms with Gasteiger partial charge in [-0.2, -0.15) is 0 Å². The molecule has 6 nitrogen and oxygen atoms in total. The Morgan fingerprint density at radius 3 is 2.86 bits per heavy atom. The van der Waals surface area contributed by atoms with E-state index >= 15 is 0 Å². The molecule has 0 saturated heterocycles. The number of rotatable bonds is 9. The van der Waals surface area contributed by atoms with Crippen molar-refractivity contribution >= 4 is 11.7 Å². The van der Waals surface area contributed by atoms with Gasteiger partial charge in [-0.3, -0.25) is 4.79 Å². The molecule has 0 aliphatic heterocycles. The number of nitrogens with one attached hydrogen (secondary N) is 2. The third-order valence-electron chi connectivity index (χ3n) is 2.82. The molecule has 0 fully saturated rings. The molecule has 0 saturated carbocycles. The Kier molecular flexibility index (Phi) is 7.63. The molecule has 1 aromatic rings. The lowest BCUT2D eigenvalue weighted by atomic mass is 10.2. The van der Waals surface area contributed by atoms with Crippen molar-refractivity contribution in [1.82, 2.24) is 10.3 Å². The maximum absolute atomic E-state index is 13.3. The van der Waals surface area contributed by atoms with E-state index in [0.717, 1.165) is 12.6 Å². The van der Waals surface area contributed by atoms with E-state index in [0.29, 0.717) is 19.0 Å². The lowest BCUT2D eigenvalue weighted by molar-refractivity contribution is 0.0285. The summed E-state index contributed by atoms with van der Waals surface area (Å²) in [6.45, 7) is 3.28. The lowest BCUT2D eigenvalue weighted by Gasteiger charge is -2.16. The van der Waals surface area contributed by atoms with Crippen LogP contribution < -0.4 is 10.6 Å². The minimum absolute atomic E-state index is 0.177. The van der Waals surface area contributed by atoms with Gasteiger partial charge >= 0.3 is 0 Å². The number of pyridine rings is 1. The molecule has 0 aliphatic rings. The van der Waals surface area contributed by atoms with Gasteiger partial charge in [-0.25, -0.2) is 9.37 Å². The maximum atomic E-state index is 13.3. The normalized spacial score (nSPS) is 12.0. The van der Waals surface area contributed by atoms with Crippen molar-refractivity contribution in [3.8, 4) is 0 Å². The first-order valence-corrected chi connectivity index (χ1v) is 6.81. The Hall–Kier alpha value is -1.73. The highest BCUT2D eigenvalue weighted by molar-refractivity contribution is 5.98. The van der Waals surface area contributed by atoms with Crippen LogP contribution in [-0.4, -0.2) is 50.9 Å². The van der Waals surface area contributed by atoms with E-state index in [2.05, 4.69) is 15.6 Å². The number of ether oxygens (including phenoxy) is 2. The van der Waals surface area contributed by atoms with E-state index < -0.39 is 11.7 Å². The average molecular weight is 299 g/mol. The largest absolute Gasteiger partial charge is 0.382 e. The van der Waals surface area contributed by atoms with E-state index in [1.54, 1.807) is 7.11 Å². The van der Waals surface area contributed by atoms with Crippen molar-refractivity contribution in [2.75, 3.05) is 39.2 Å². The fourth-order valence-electron chi connectivity index (χ4n) is 1.69. The van der Waals surface area contributed by atoms with Gasteiger partial charge in [-0.05, 0) is 12.5 Å². The van der Waals surface area contributed by atoms with Crippen LogP contribution >= 0.6 is 0 Å². The standard InChI is InChI=1S/C14H22FN3O3/c1-4-5-16-13-12(6-10(15)7-17-13)14(19)18-8-11(21-3)9-20-2/h6-7,11H,4-5,8-9H2,1-3H3,(H,16,17)(H,18,19). The van der Waals surface area contributed by atoms with Gasteiger partial charge in [0.2, 0.25) is 0 Å². The number of anilines is 1. The Labute approximate surface area is 124 Å². The minimum atomic E-state index is -0.553. The van der Waals surface area contributed by atoms with Gasteiger partial charge in [0.25, 0.3) is 5.91 Å². The van der Waals surface area contributed by atoms with Crippen molar-refractivity contribution < 1.29 is 18.7 Å². The number of amides is 1. The second-order valence-electron chi connectivity index (χ2n) is 4.50. The molecule has 1 aromatic heterocycles. The monoisotopic (exact) mass is 299 g/mol. The summed E-state index contributed by atoms with van der Waals surface area (Å²) < 4.78 is 23.4. The Bertz CT molecular complexity index is 457. The van der Waals surface area contributed by atoms with E-state index in [1.807, 2.05) is 6.92 Å². The Morgan fingerprint density at radius 2 is 2.24 bits per heavy atom. The lowest BCUT2D eigenvalue weighted by Crippen LogP contribution is -2.36. The maximum Gasteiger partial charge on any atom is 0.255 e. The van der Waals surface area contributed by atoms with Gasteiger partial charge in [-0.15, -0.1) is 0 Å². The predicted molar refractivity (Wildman–Crippen MR) is 78.0 cm³/mol. The first kappa shape index (κ1) is 17.3. The Morgan fingerprint density at radius 1 is 1.48 bits per heavy atom. The van der Waals surface area contributed by atoms with E-state index in [9.17, 15) is 9.18 Å². The van der Waals surface area contributed by atoms with Crippen molar-refractivity contribution in [3.05, 3.63) is 23.6 Å². The third kappa shape index (κ3) is 5.65. The topological polar surface area (TPSA) is 72.5 Å². The van der Waals surface area contributed by atoms with Crippen molar-refractivity contribution in [2.45, 2.75) is 19.4 Å². The first-order chi connectivity index (χ1) is 10.1. The molecule has 0 bridgehead atoms. The first-order valence-electron chi connectivity index (χ1n) is 6.81. The van der Waals surface area contributed by atoms with Crippen LogP contribution in [0.2, 0.25) is 0 Å². The zero-order chi connectivity index (χ0) is 15.7. The summed E-state index contributed by atoms with van der Waals surface area (Å²) in [5.74, 6) is -0.586. The molecule has 1 rings (SSSR count). The van der Waals surface area contributed by atoms with Crippen LogP contribution in [0.4, 0.5) is 10.2 Å². The molecule has 1 unspecified atom stereocenters. The van der Waals surface area contributed by atoms with Crippen LogP contribution in [0, 0.1) is 5.82 Å². The van der Waals surface area contributed by atoms with Gasteiger partial charge in [0.05, 0.1) is 24.5 Å². The number of hydrogen-bond donors (Lipinski definition) is 2. The van der Waals surface area contributed by atoms with Gasteiger partial charge < -0.3 is 20.1 Å². The van der Waals surface area contributed by atoms with Crippen LogP contribution in [0.25, 0.3) is 0 Å². The third-order valence-corrected chi connectivity index (χ3v) is 2.82. The number of aromatic nitrogens is 1. The molecular weight excluding hydrogens is 277 g/mol. The molecular formula is C14H22FN3O3. The quantitative estimate of drug-likeness (QED) is 0.722. The number of methoxy groups -OCH3 is 2. The highest BCUT2D eigenvalue weighted by Gasteiger charge is 2.15. The Balaban J connectivity index is 2.73. The summed E-state index contributed by atoms with van der Waals surface area (Å²) in [7, 11) is 3.09. The van der Waals surface area contributed by atoms with E-state index in [-0.39, 0.29) is 18.2 Å². The number of carbonyl (C=O) groups is 1. The molecule has 2 N–H and O–H groups in total. The van der Waals surface area contributed by atoms with Crippen molar-refractivity contribution in [3.63, 3.8) is 0 Å². The molecule has 0 aromatic carbocycles. The molecule has 1 amide bonds. The molecule has 0 spiro atoms. The smallest absolute Gasteiger partial charge is 0.255 e. The highest BCUT2D eigenvalue weighted by atomic mass is 19.1. The zero-order valence-electron chi connectivity index (χ0n) is 12.6. The number of hydrogen-bond acceptors (Lipinski definition) is 5. The number of nitrogens with zero attached hydrogens (tertiary/aromatic N) is 1. The second kappa shape index (κ2) is 9.25. The van der Waals surface area contributed by atoms with E-state index in [1.165, 1.54) is 13.2 Å². The van der Waals surface area contributed by atoms with Gasteiger partial charge in [0.15, 0.2) is 0 Å². The summed E-state index contributed by atoms with van der Waals surface area (Å²) in [5.41, 5.74) is 0.177. The second-order valence-corrected chi connectivity index (χ2v) is 4.50. The highest BCUT2D eigenvalue weighted by Crippen LogP contribution is 2.13. The summed E-state index contributed by atoms with van der Waals surface area (Å²) in [5, 5.41) is 5.69. The molecule has 0 aliphatic carbocycles. The molecule has 1 heterocycles. The fraction of sp³-hybridized carbons (Fsp3) is 0.571. The molecule has 118 valence electrons. The molecule has 7 heteroatoms. The minimum Gasteiger partial charge on any atom is -0.382 e. The molecule has 1 atom stereocenters. The summed E-state index contributed by atoms with van der Waals surface area (Å²) in [6.07, 6.45) is 1.70. The SMILES string of the molecule is CCCNc1ncc(F)cc1C(=O)NCC(COC)OC. The van der Waals surface area contributed by atoms with Crippen LogP contribution in [0.15, 0.2) is 12.3 Å².